The Balaban J connectivity index is 1.90. The molecule has 2 aromatic heterocycles. The van der Waals surface area contributed by atoms with Crippen molar-refractivity contribution in [2.24, 2.45) is 5.41 Å². The first-order valence-corrected chi connectivity index (χ1v) is 6.48. The molecule has 6 heteroatoms. The molecule has 0 aliphatic heterocycles. The molecule has 2 fully saturated rings. The minimum absolute atomic E-state index is 0.143. The standard InChI is InChI=1S/C14H12F3N3/c1-7-8(2)20-10-9(19-7)3-4-18-11(10)12-5-13(12,6-12)14(15,16)17/h3-4H,5-6H2,1-2H3. The van der Waals surface area contributed by atoms with Crippen LogP contribution in [-0.4, -0.2) is 21.1 Å². The van der Waals surface area contributed by atoms with E-state index in [4.69, 9.17) is 0 Å². The zero-order chi connectivity index (χ0) is 14.3. The quantitative estimate of drug-likeness (QED) is 0.804. The van der Waals surface area contributed by atoms with Crippen LogP contribution in [0, 0.1) is 19.3 Å². The highest BCUT2D eigenvalue weighted by Crippen LogP contribution is 2.90. The summed E-state index contributed by atoms with van der Waals surface area (Å²) in [6.07, 6.45) is -2.33. The number of aromatic nitrogens is 3. The summed E-state index contributed by atoms with van der Waals surface area (Å²) in [6, 6.07) is 1.70. The van der Waals surface area contributed by atoms with Gasteiger partial charge in [0.2, 0.25) is 0 Å². The summed E-state index contributed by atoms with van der Waals surface area (Å²) in [5, 5.41) is 0. The van der Waals surface area contributed by atoms with E-state index < -0.39 is 17.0 Å². The lowest BCUT2D eigenvalue weighted by Gasteiger charge is -2.08. The second kappa shape index (κ2) is 3.13. The molecule has 2 saturated carbocycles. The van der Waals surface area contributed by atoms with Gasteiger partial charge in [0.1, 0.15) is 5.52 Å². The van der Waals surface area contributed by atoms with E-state index in [0.717, 1.165) is 11.4 Å². The highest BCUT2D eigenvalue weighted by molar-refractivity contribution is 5.80. The van der Waals surface area contributed by atoms with Gasteiger partial charge in [0.05, 0.1) is 28.0 Å². The highest BCUT2D eigenvalue weighted by Gasteiger charge is 2.94. The fraction of sp³-hybridized carbons (Fsp3) is 0.500. The van der Waals surface area contributed by atoms with Crippen LogP contribution in [0.3, 0.4) is 0 Å². The molecular weight excluding hydrogens is 267 g/mol. The lowest BCUT2D eigenvalue weighted by Crippen LogP contribution is -2.16. The number of hydrogen-bond acceptors (Lipinski definition) is 3. The number of halogens is 3. The molecule has 20 heavy (non-hydrogen) atoms. The van der Waals surface area contributed by atoms with E-state index in [0.29, 0.717) is 16.7 Å². The molecule has 3 nitrogen and oxygen atoms in total. The molecule has 0 spiro atoms. The first-order valence-electron chi connectivity index (χ1n) is 6.48. The Morgan fingerprint density at radius 3 is 2.35 bits per heavy atom. The lowest BCUT2D eigenvalue weighted by atomic mass is 10.1. The summed E-state index contributed by atoms with van der Waals surface area (Å²) in [5.74, 6) is 0. The number of alkyl halides is 3. The topological polar surface area (TPSA) is 38.7 Å². The van der Waals surface area contributed by atoms with Crippen LogP contribution in [0.2, 0.25) is 0 Å². The number of fused-ring (bicyclic) bond motifs is 2. The van der Waals surface area contributed by atoms with E-state index in [2.05, 4.69) is 15.0 Å². The van der Waals surface area contributed by atoms with E-state index in [1.54, 1.807) is 6.07 Å². The maximum absolute atomic E-state index is 13.1. The van der Waals surface area contributed by atoms with Crippen LogP contribution >= 0.6 is 0 Å². The first kappa shape index (κ1) is 12.1. The molecule has 2 aliphatic rings. The second-order valence-corrected chi connectivity index (χ2v) is 5.94. The Morgan fingerprint density at radius 1 is 1.10 bits per heavy atom. The number of hydrogen-bond donors (Lipinski definition) is 0. The van der Waals surface area contributed by atoms with Crippen molar-refractivity contribution in [1.29, 1.82) is 0 Å². The van der Waals surface area contributed by atoms with E-state index in [1.807, 2.05) is 13.8 Å². The van der Waals surface area contributed by atoms with Crippen molar-refractivity contribution in [3.05, 3.63) is 29.3 Å². The first-order chi connectivity index (χ1) is 9.31. The van der Waals surface area contributed by atoms with E-state index in [1.165, 1.54) is 6.20 Å². The van der Waals surface area contributed by atoms with Crippen LogP contribution < -0.4 is 0 Å². The maximum atomic E-state index is 13.1. The smallest absolute Gasteiger partial charge is 0.258 e. The highest BCUT2D eigenvalue weighted by atomic mass is 19.4. The van der Waals surface area contributed by atoms with Crippen molar-refractivity contribution in [1.82, 2.24) is 15.0 Å². The predicted octanol–water partition coefficient (Wildman–Crippen LogP) is 3.24. The SMILES string of the molecule is Cc1nc2ccnc(C34CC3(C(F)(F)F)C4)c2nc1C. The Hall–Kier alpha value is -1.72. The summed E-state index contributed by atoms with van der Waals surface area (Å²) in [7, 11) is 0. The van der Waals surface area contributed by atoms with Crippen LogP contribution in [-0.2, 0) is 5.41 Å². The van der Waals surface area contributed by atoms with E-state index >= 15 is 0 Å². The van der Waals surface area contributed by atoms with Gasteiger partial charge in [-0.05, 0) is 32.8 Å². The molecule has 0 amide bonds. The van der Waals surface area contributed by atoms with Crippen molar-refractivity contribution in [2.75, 3.05) is 0 Å². The van der Waals surface area contributed by atoms with Crippen LogP contribution in [0.4, 0.5) is 13.2 Å². The number of pyridine rings is 1. The molecule has 0 unspecified atom stereocenters. The summed E-state index contributed by atoms with van der Waals surface area (Å²) < 4.78 is 39.2. The van der Waals surface area contributed by atoms with Gasteiger partial charge in [-0.2, -0.15) is 13.2 Å². The minimum atomic E-state index is -4.15. The van der Waals surface area contributed by atoms with Gasteiger partial charge in [0.15, 0.2) is 0 Å². The molecule has 2 heterocycles. The van der Waals surface area contributed by atoms with Gasteiger partial charge in [-0.1, -0.05) is 0 Å². The van der Waals surface area contributed by atoms with Crippen LogP contribution in [0.25, 0.3) is 11.0 Å². The molecule has 0 atom stereocenters. The van der Waals surface area contributed by atoms with Crippen molar-refractivity contribution in [3.8, 4) is 0 Å². The van der Waals surface area contributed by atoms with Crippen molar-refractivity contribution in [2.45, 2.75) is 38.3 Å². The molecular formula is C14H12F3N3. The fourth-order valence-electron chi connectivity index (χ4n) is 3.26. The van der Waals surface area contributed by atoms with Gasteiger partial charge in [0.25, 0.3) is 0 Å². The Bertz CT molecular complexity index is 745. The maximum Gasteiger partial charge on any atom is 0.395 e. The average molecular weight is 279 g/mol. The Morgan fingerprint density at radius 2 is 1.75 bits per heavy atom. The summed E-state index contributed by atoms with van der Waals surface area (Å²) in [5.41, 5.74) is 0.787. The van der Waals surface area contributed by atoms with Gasteiger partial charge < -0.3 is 0 Å². The van der Waals surface area contributed by atoms with Gasteiger partial charge in [-0.25, -0.2) is 9.97 Å². The number of aryl methyl sites for hydroxylation is 2. The Labute approximate surface area is 113 Å². The molecule has 0 N–H and O–H groups in total. The molecule has 0 saturated heterocycles. The summed E-state index contributed by atoms with van der Waals surface area (Å²) in [6.45, 7) is 3.65. The zero-order valence-electron chi connectivity index (χ0n) is 11.0. The van der Waals surface area contributed by atoms with E-state index in [9.17, 15) is 13.2 Å². The number of nitrogens with zero attached hydrogens (tertiary/aromatic N) is 3. The molecule has 2 aliphatic carbocycles. The Kier molecular flexibility index (Phi) is 1.88. The molecule has 0 bridgehead atoms. The third-order valence-corrected chi connectivity index (χ3v) is 4.86. The van der Waals surface area contributed by atoms with Crippen LogP contribution in [0.5, 0.6) is 0 Å². The normalized spacial score (nSPS) is 31.2. The van der Waals surface area contributed by atoms with Crippen molar-refractivity contribution >= 4 is 11.0 Å². The van der Waals surface area contributed by atoms with Crippen molar-refractivity contribution in [3.63, 3.8) is 0 Å². The molecule has 0 aromatic carbocycles. The summed E-state index contributed by atoms with van der Waals surface area (Å²) in [4.78, 5) is 13.0. The molecule has 4 rings (SSSR count). The minimum Gasteiger partial charge on any atom is -0.258 e. The van der Waals surface area contributed by atoms with Crippen LogP contribution in [0.15, 0.2) is 12.3 Å². The van der Waals surface area contributed by atoms with Crippen LogP contribution in [0.1, 0.15) is 29.9 Å². The third-order valence-electron chi connectivity index (χ3n) is 4.86. The number of rotatable bonds is 1. The largest absolute Gasteiger partial charge is 0.395 e. The average Bonchev–Trinajstić information content (AvgIpc) is 3.15. The fourth-order valence-corrected chi connectivity index (χ4v) is 3.26. The van der Waals surface area contributed by atoms with Crippen molar-refractivity contribution < 1.29 is 13.2 Å². The van der Waals surface area contributed by atoms with Gasteiger partial charge in [-0.15, -0.1) is 0 Å². The monoisotopic (exact) mass is 279 g/mol. The van der Waals surface area contributed by atoms with Gasteiger partial charge in [-0.3, -0.25) is 4.98 Å². The second-order valence-electron chi connectivity index (χ2n) is 5.94. The van der Waals surface area contributed by atoms with E-state index in [-0.39, 0.29) is 12.8 Å². The van der Waals surface area contributed by atoms with Gasteiger partial charge >= 0.3 is 6.18 Å². The molecule has 104 valence electrons. The molecule has 2 aromatic rings. The molecule has 0 radical (unpaired) electrons. The predicted molar refractivity (Wildman–Crippen MR) is 66.2 cm³/mol. The summed E-state index contributed by atoms with van der Waals surface area (Å²) >= 11 is 0. The lowest BCUT2D eigenvalue weighted by molar-refractivity contribution is -0.167. The third kappa shape index (κ3) is 1.20. The van der Waals surface area contributed by atoms with Gasteiger partial charge in [0, 0.05) is 11.6 Å². The zero-order valence-corrected chi connectivity index (χ0v) is 11.0.